The van der Waals surface area contributed by atoms with E-state index in [1.165, 1.54) is 28.6 Å². The Bertz CT molecular complexity index is 962. The fourth-order valence-corrected chi connectivity index (χ4v) is 4.95. The van der Waals surface area contributed by atoms with Crippen LogP contribution in [0.5, 0.6) is 5.75 Å². The van der Waals surface area contributed by atoms with E-state index in [0.717, 1.165) is 18.7 Å². The van der Waals surface area contributed by atoms with Crippen LogP contribution in [0.4, 0.5) is 5.69 Å². The first-order valence-corrected chi connectivity index (χ1v) is 11.0. The Morgan fingerprint density at radius 3 is 2.48 bits per heavy atom. The third kappa shape index (κ3) is 5.45. The molecule has 10 heteroatoms. The fraction of sp³-hybridized carbons (Fsp3) is 0.368. The van der Waals surface area contributed by atoms with Gasteiger partial charge in [0.2, 0.25) is 10.0 Å². The van der Waals surface area contributed by atoms with Gasteiger partial charge >= 0.3 is 0 Å². The number of benzene rings is 2. The Morgan fingerprint density at radius 1 is 1.07 bits per heavy atom. The first-order chi connectivity index (χ1) is 13.9. The molecule has 1 fully saturated rings. The molecule has 0 unspecified atom stereocenters. The largest absolute Gasteiger partial charge is 0.493 e. The molecule has 0 atom stereocenters. The Labute approximate surface area is 174 Å². The molecule has 0 aromatic heterocycles. The number of nitro groups is 1. The lowest BCUT2D eigenvalue weighted by Gasteiger charge is -2.33. The number of nitrogens with zero attached hydrogens (tertiary/aromatic N) is 3. The van der Waals surface area contributed by atoms with Crippen molar-refractivity contribution in [3.05, 3.63) is 63.7 Å². The number of halogens is 1. The number of para-hydroxylation sites is 1. The van der Waals surface area contributed by atoms with Gasteiger partial charge in [0.1, 0.15) is 5.75 Å². The van der Waals surface area contributed by atoms with Crippen LogP contribution in [0.15, 0.2) is 53.4 Å². The van der Waals surface area contributed by atoms with Gasteiger partial charge in [0.05, 0.1) is 11.5 Å². The summed E-state index contributed by atoms with van der Waals surface area (Å²) in [5.41, 5.74) is -0.395. The fourth-order valence-electron chi connectivity index (χ4n) is 3.19. The van der Waals surface area contributed by atoms with Gasteiger partial charge in [-0.2, -0.15) is 4.31 Å². The van der Waals surface area contributed by atoms with Crippen molar-refractivity contribution in [2.45, 2.75) is 11.3 Å². The van der Waals surface area contributed by atoms with Gasteiger partial charge in [-0.25, -0.2) is 8.42 Å². The average Bonchev–Trinajstić information content (AvgIpc) is 2.71. The highest BCUT2D eigenvalue weighted by atomic mass is 35.5. The van der Waals surface area contributed by atoms with Gasteiger partial charge in [-0.15, -0.1) is 0 Å². The lowest BCUT2D eigenvalue weighted by atomic mass is 10.3. The molecule has 0 bridgehead atoms. The van der Waals surface area contributed by atoms with Crippen LogP contribution in [0.3, 0.4) is 0 Å². The molecule has 1 heterocycles. The number of rotatable bonds is 8. The van der Waals surface area contributed by atoms with E-state index in [-0.39, 0.29) is 4.90 Å². The molecule has 1 aliphatic heterocycles. The van der Waals surface area contributed by atoms with Crippen LogP contribution < -0.4 is 4.74 Å². The van der Waals surface area contributed by atoms with Gasteiger partial charge in [0.25, 0.3) is 5.69 Å². The minimum Gasteiger partial charge on any atom is -0.493 e. The van der Waals surface area contributed by atoms with Gasteiger partial charge in [-0.3, -0.25) is 10.1 Å². The summed E-state index contributed by atoms with van der Waals surface area (Å²) in [5, 5.41) is 11.8. The van der Waals surface area contributed by atoms with E-state index in [1.54, 1.807) is 12.1 Å². The second-order valence-corrected chi connectivity index (χ2v) is 8.97. The number of hydrogen-bond donors (Lipinski definition) is 0. The minimum atomic E-state index is -3.90. The first-order valence-electron chi connectivity index (χ1n) is 9.22. The van der Waals surface area contributed by atoms with Crippen LogP contribution in [0.25, 0.3) is 0 Å². The molecule has 2 aromatic carbocycles. The van der Waals surface area contributed by atoms with Crippen molar-refractivity contribution in [3.63, 3.8) is 0 Å². The van der Waals surface area contributed by atoms with E-state index in [0.29, 0.717) is 37.8 Å². The van der Waals surface area contributed by atoms with Crippen LogP contribution in [-0.4, -0.2) is 61.9 Å². The second kappa shape index (κ2) is 9.53. The molecule has 1 aliphatic rings. The Morgan fingerprint density at radius 2 is 1.79 bits per heavy atom. The van der Waals surface area contributed by atoms with Crippen molar-refractivity contribution in [3.8, 4) is 5.75 Å². The predicted octanol–water partition coefficient (Wildman–Crippen LogP) is 3.02. The van der Waals surface area contributed by atoms with E-state index < -0.39 is 20.6 Å². The van der Waals surface area contributed by atoms with Gasteiger partial charge < -0.3 is 9.64 Å². The average molecular weight is 440 g/mol. The summed E-state index contributed by atoms with van der Waals surface area (Å²) >= 11 is 5.92. The molecule has 156 valence electrons. The molecule has 29 heavy (non-hydrogen) atoms. The molecule has 0 spiro atoms. The molecule has 1 saturated heterocycles. The number of hydrogen-bond acceptors (Lipinski definition) is 6. The standard InChI is InChI=1S/C19H22ClN3O5S/c20-16-5-3-6-17(15-16)28-14-4-9-21-10-12-22(13-11-21)29(26,27)19-8-2-1-7-18(19)23(24)25/h1-3,5-8,15H,4,9-14H2. The van der Waals surface area contributed by atoms with Crippen LogP contribution in [-0.2, 0) is 10.0 Å². The van der Waals surface area contributed by atoms with Gasteiger partial charge in [0.15, 0.2) is 4.90 Å². The maximum Gasteiger partial charge on any atom is 0.289 e. The van der Waals surface area contributed by atoms with Crippen LogP contribution >= 0.6 is 11.6 Å². The van der Waals surface area contributed by atoms with Crippen molar-refractivity contribution >= 4 is 27.3 Å². The van der Waals surface area contributed by atoms with Crippen molar-refractivity contribution < 1.29 is 18.1 Å². The lowest BCUT2D eigenvalue weighted by Crippen LogP contribution is -2.48. The van der Waals surface area contributed by atoms with Gasteiger partial charge in [-0.1, -0.05) is 29.8 Å². The van der Waals surface area contributed by atoms with Crippen LogP contribution in [0, 0.1) is 10.1 Å². The molecule has 0 amide bonds. The minimum absolute atomic E-state index is 0.256. The van der Waals surface area contributed by atoms with Crippen molar-refractivity contribution in [1.29, 1.82) is 0 Å². The van der Waals surface area contributed by atoms with E-state index >= 15 is 0 Å². The highest BCUT2D eigenvalue weighted by molar-refractivity contribution is 7.89. The first kappa shape index (κ1) is 21.5. The normalized spacial score (nSPS) is 15.9. The summed E-state index contributed by atoms with van der Waals surface area (Å²) in [6, 6.07) is 12.7. The SMILES string of the molecule is O=[N+]([O-])c1ccccc1S(=O)(=O)N1CCN(CCCOc2cccc(Cl)c2)CC1. The second-order valence-electron chi connectivity index (χ2n) is 6.63. The molecular formula is C19H22ClN3O5S. The molecule has 0 aliphatic carbocycles. The zero-order valence-corrected chi connectivity index (χ0v) is 17.3. The number of piperazine rings is 1. The third-order valence-corrected chi connectivity index (χ3v) is 6.88. The maximum atomic E-state index is 12.8. The summed E-state index contributed by atoms with van der Waals surface area (Å²) in [6.45, 7) is 3.04. The van der Waals surface area contributed by atoms with Crippen LogP contribution in [0.1, 0.15) is 6.42 Å². The van der Waals surface area contributed by atoms with E-state index in [1.807, 2.05) is 12.1 Å². The molecule has 2 aromatic rings. The molecule has 0 N–H and O–H groups in total. The third-order valence-electron chi connectivity index (χ3n) is 4.69. The molecule has 3 rings (SSSR count). The highest BCUT2D eigenvalue weighted by Gasteiger charge is 2.33. The van der Waals surface area contributed by atoms with E-state index in [4.69, 9.17) is 16.3 Å². The van der Waals surface area contributed by atoms with Gasteiger partial charge in [-0.05, 0) is 30.7 Å². The summed E-state index contributed by atoms with van der Waals surface area (Å²) in [5.74, 6) is 0.720. The number of sulfonamides is 1. The Kier molecular flexibility index (Phi) is 7.07. The monoisotopic (exact) mass is 439 g/mol. The lowest BCUT2D eigenvalue weighted by molar-refractivity contribution is -0.387. The van der Waals surface area contributed by atoms with Gasteiger partial charge in [0, 0.05) is 43.8 Å². The van der Waals surface area contributed by atoms with Crippen molar-refractivity contribution in [2.75, 3.05) is 39.3 Å². The van der Waals surface area contributed by atoms with Crippen molar-refractivity contribution in [1.82, 2.24) is 9.21 Å². The summed E-state index contributed by atoms with van der Waals surface area (Å²) < 4.78 is 32.7. The van der Waals surface area contributed by atoms with Crippen molar-refractivity contribution in [2.24, 2.45) is 0 Å². The molecule has 0 saturated carbocycles. The maximum absolute atomic E-state index is 12.8. The highest BCUT2D eigenvalue weighted by Crippen LogP contribution is 2.27. The van der Waals surface area contributed by atoms with E-state index in [2.05, 4.69) is 4.90 Å². The zero-order chi connectivity index (χ0) is 20.9. The number of ether oxygens (including phenoxy) is 1. The summed E-state index contributed by atoms with van der Waals surface area (Å²) in [6.07, 6.45) is 0.795. The Balaban J connectivity index is 1.49. The summed E-state index contributed by atoms with van der Waals surface area (Å²) in [4.78, 5) is 12.4. The summed E-state index contributed by atoms with van der Waals surface area (Å²) in [7, 11) is -3.90. The smallest absolute Gasteiger partial charge is 0.289 e. The molecule has 0 radical (unpaired) electrons. The topological polar surface area (TPSA) is 93.0 Å². The molecule has 8 nitrogen and oxygen atoms in total. The molecular weight excluding hydrogens is 418 g/mol. The van der Waals surface area contributed by atoms with E-state index in [9.17, 15) is 18.5 Å². The Hall–Kier alpha value is -2.20. The number of nitro benzene ring substituents is 1. The quantitative estimate of drug-likeness (QED) is 0.356. The predicted molar refractivity (Wildman–Crippen MR) is 110 cm³/mol. The van der Waals surface area contributed by atoms with Crippen LogP contribution in [0.2, 0.25) is 5.02 Å². The zero-order valence-electron chi connectivity index (χ0n) is 15.7.